The van der Waals surface area contributed by atoms with Gasteiger partial charge < -0.3 is 24.4 Å². The van der Waals surface area contributed by atoms with Crippen LogP contribution in [-0.2, 0) is 9.59 Å². The van der Waals surface area contributed by atoms with Gasteiger partial charge in [0.1, 0.15) is 17.3 Å². The predicted molar refractivity (Wildman–Crippen MR) is 146 cm³/mol. The Balaban J connectivity index is 1.95. The molecule has 0 aliphatic carbocycles. The van der Waals surface area contributed by atoms with Crippen LogP contribution in [0.15, 0.2) is 54.1 Å². The topological polar surface area (TPSA) is 79.3 Å². The fourth-order valence-corrected chi connectivity index (χ4v) is 4.57. The Morgan fingerprint density at radius 1 is 0.892 bits per heavy atom. The summed E-state index contributed by atoms with van der Waals surface area (Å²) in [6.07, 6.45) is 2.73. The number of nitrogens with zero attached hydrogens (tertiary/aromatic N) is 2. The molecule has 7 nitrogen and oxygen atoms in total. The zero-order chi connectivity index (χ0) is 26.8. The largest absolute Gasteiger partial charge is 0.507 e. The Bertz CT molecular complexity index is 1060. The van der Waals surface area contributed by atoms with Crippen molar-refractivity contribution < 1.29 is 24.2 Å². The van der Waals surface area contributed by atoms with Gasteiger partial charge in [0.15, 0.2) is 0 Å². The zero-order valence-electron chi connectivity index (χ0n) is 22.5. The Kier molecular flexibility index (Phi) is 10.6. The van der Waals surface area contributed by atoms with Crippen molar-refractivity contribution in [3.8, 4) is 11.5 Å². The summed E-state index contributed by atoms with van der Waals surface area (Å²) in [6.45, 7) is 12.5. The molecule has 0 aromatic heterocycles. The number of likely N-dealkylation sites (tertiary alicyclic amines) is 1. The number of hydrogen-bond acceptors (Lipinski definition) is 6. The van der Waals surface area contributed by atoms with E-state index in [1.807, 2.05) is 31.2 Å². The van der Waals surface area contributed by atoms with Crippen molar-refractivity contribution >= 4 is 17.4 Å². The van der Waals surface area contributed by atoms with Gasteiger partial charge in [-0.2, -0.15) is 0 Å². The smallest absolute Gasteiger partial charge is 0.295 e. The van der Waals surface area contributed by atoms with Gasteiger partial charge in [0.2, 0.25) is 0 Å². The van der Waals surface area contributed by atoms with Crippen LogP contribution in [0.2, 0.25) is 0 Å². The van der Waals surface area contributed by atoms with E-state index in [4.69, 9.17) is 9.47 Å². The highest BCUT2D eigenvalue weighted by Gasteiger charge is 2.45. The molecule has 37 heavy (non-hydrogen) atoms. The third-order valence-corrected chi connectivity index (χ3v) is 6.71. The number of carbonyl (C=O) groups excluding carboxylic acids is 2. The van der Waals surface area contributed by atoms with E-state index in [0.717, 1.165) is 44.5 Å². The Morgan fingerprint density at radius 3 is 2.11 bits per heavy atom. The number of unbranched alkanes of at least 4 members (excludes halogenated alkanes) is 1. The van der Waals surface area contributed by atoms with Crippen LogP contribution in [0.5, 0.6) is 11.5 Å². The molecule has 1 N–H and O–H groups in total. The van der Waals surface area contributed by atoms with E-state index in [0.29, 0.717) is 36.8 Å². The highest BCUT2D eigenvalue weighted by Crippen LogP contribution is 2.40. The van der Waals surface area contributed by atoms with Gasteiger partial charge in [-0.1, -0.05) is 39.3 Å². The lowest BCUT2D eigenvalue weighted by atomic mass is 9.95. The normalized spacial score (nSPS) is 17.0. The van der Waals surface area contributed by atoms with Crippen LogP contribution in [-0.4, -0.2) is 66.0 Å². The molecule has 1 aliphatic rings. The SMILES string of the molecule is CCCCOc1ccc(C(O)=C2C(=O)C(=O)N(CCCN(CC)CC)C2c2ccc(OCC)cc2)cc1. The lowest BCUT2D eigenvalue weighted by Crippen LogP contribution is -2.33. The summed E-state index contributed by atoms with van der Waals surface area (Å²) >= 11 is 0. The average molecular weight is 509 g/mol. The van der Waals surface area contributed by atoms with Crippen LogP contribution >= 0.6 is 0 Å². The number of hydrogen-bond donors (Lipinski definition) is 1. The van der Waals surface area contributed by atoms with Gasteiger partial charge in [0, 0.05) is 12.1 Å². The number of aliphatic hydroxyl groups excluding tert-OH is 1. The first-order valence-corrected chi connectivity index (χ1v) is 13.4. The lowest BCUT2D eigenvalue weighted by molar-refractivity contribution is -0.140. The van der Waals surface area contributed by atoms with Gasteiger partial charge in [-0.25, -0.2) is 0 Å². The summed E-state index contributed by atoms with van der Waals surface area (Å²) in [5.41, 5.74) is 1.34. The van der Waals surface area contributed by atoms with E-state index in [9.17, 15) is 14.7 Å². The van der Waals surface area contributed by atoms with Crippen LogP contribution < -0.4 is 9.47 Å². The summed E-state index contributed by atoms with van der Waals surface area (Å²) in [4.78, 5) is 30.3. The minimum Gasteiger partial charge on any atom is -0.507 e. The van der Waals surface area contributed by atoms with Crippen LogP contribution in [0.1, 0.15) is 64.1 Å². The van der Waals surface area contributed by atoms with Gasteiger partial charge >= 0.3 is 0 Å². The van der Waals surface area contributed by atoms with Crippen LogP contribution in [0.4, 0.5) is 0 Å². The predicted octanol–water partition coefficient (Wildman–Crippen LogP) is 5.42. The van der Waals surface area contributed by atoms with Gasteiger partial charge in [0.25, 0.3) is 11.7 Å². The number of rotatable bonds is 14. The second-order valence-electron chi connectivity index (χ2n) is 9.10. The monoisotopic (exact) mass is 508 g/mol. The molecule has 0 bridgehead atoms. The Labute approximate surface area is 220 Å². The molecule has 0 spiro atoms. The maximum atomic E-state index is 13.3. The molecular formula is C30H40N2O5. The van der Waals surface area contributed by atoms with Crippen molar-refractivity contribution in [2.45, 2.75) is 53.0 Å². The van der Waals surface area contributed by atoms with Crippen molar-refractivity contribution in [2.75, 3.05) is 39.4 Å². The van der Waals surface area contributed by atoms with Gasteiger partial charge in [-0.05, 0) is 81.4 Å². The number of amides is 1. The molecule has 1 atom stereocenters. The third kappa shape index (κ3) is 6.92. The van der Waals surface area contributed by atoms with Gasteiger partial charge in [-0.15, -0.1) is 0 Å². The second kappa shape index (κ2) is 13.8. The summed E-state index contributed by atoms with van der Waals surface area (Å²) in [5.74, 6) is -0.0149. The van der Waals surface area contributed by atoms with Gasteiger partial charge in [0.05, 0.1) is 24.8 Å². The average Bonchev–Trinajstić information content (AvgIpc) is 3.17. The van der Waals surface area contributed by atoms with Crippen molar-refractivity contribution in [3.05, 3.63) is 65.2 Å². The molecule has 2 aromatic carbocycles. The van der Waals surface area contributed by atoms with E-state index in [2.05, 4.69) is 25.7 Å². The first-order valence-electron chi connectivity index (χ1n) is 13.4. The molecule has 7 heteroatoms. The van der Waals surface area contributed by atoms with Crippen molar-refractivity contribution in [1.82, 2.24) is 9.80 Å². The van der Waals surface area contributed by atoms with E-state index >= 15 is 0 Å². The molecular weight excluding hydrogens is 468 g/mol. The number of carbonyl (C=O) groups is 2. The third-order valence-electron chi connectivity index (χ3n) is 6.71. The second-order valence-corrected chi connectivity index (χ2v) is 9.10. The fourth-order valence-electron chi connectivity index (χ4n) is 4.57. The summed E-state index contributed by atoms with van der Waals surface area (Å²) in [5, 5.41) is 11.3. The zero-order valence-corrected chi connectivity index (χ0v) is 22.5. The van der Waals surface area contributed by atoms with E-state index in [1.54, 1.807) is 29.2 Å². The molecule has 1 aliphatic heterocycles. The number of benzene rings is 2. The standard InChI is InChI=1S/C30H40N2O5/c1-5-9-21-37-25-17-13-23(14-18-25)28(33)26-27(22-11-15-24(16-12-22)36-8-4)32(30(35)29(26)34)20-10-19-31(6-2)7-3/h11-18,27,33H,5-10,19-21H2,1-4H3. The molecule has 1 fully saturated rings. The Morgan fingerprint density at radius 2 is 1.51 bits per heavy atom. The molecule has 2 aromatic rings. The molecule has 1 amide bonds. The minimum absolute atomic E-state index is 0.108. The number of ketones is 1. The summed E-state index contributed by atoms with van der Waals surface area (Å²) in [6, 6.07) is 13.7. The van der Waals surface area contributed by atoms with Crippen LogP contribution in [0, 0.1) is 0 Å². The maximum absolute atomic E-state index is 13.3. The van der Waals surface area contributed by atoms with Crippen LogP contribution in [0.25, 0.3) is 5.76 Å². The summed E-state index contributed by atoms with van der Waals surface area (Å²) < 4.78 is 11.3. The number of ether oxygens (including phenoxy) is 2. The molecule has 200 valence electrons. The molecule has 0 radical (unpaired) electrons. The molecule has 0 saturated carbocycles. The lowest BCUT2D eigenvalue weighted by Gasteiger charge is -2.27. The van der Waals surface area contributed by atoms with E-state index in [1.165, 1.54) is 0 Å². The first-order chi connectivity index (χ1) is 17.9. The maximum Gasteiger partial charge on any atom is 0.295 e. The number of Topliss-reactive ketones (excluding diaryl/α,β-unsaturated/α-hetero) is 1. The van der Waals surface area contributed by atoms with Crippen LogP contribution in [0.3, 0.4) is 0 Å². The molecule has 1 saturated heterocycles. The van der Waals surface area contributed by atoms with Crippen molar-refractivity contribution in [1.29, 1.82) is 0 Å². The van der Waals surface area contributed by atoms with Crippen molar-refractivity contribution in [2.24, 2.45) is 0 Å². The highest BCUT2D eigenvalue weighted by molar-refractivity contribution is 6.46. The quantitative estimate of drug-likeness (QED) is 0.159. The first kappa shape index (κ1) is 28.3. The Hall–Kier alpha value is -3.32. The van der Waals surface area contributed by atoms with E-state index in [-0.39, 0.29) is 11.3 Å². The minimum atomic E-state index is -0.673. The molecule has 1 unspecified atom stereocenters. The highest BCUT2D eigenvalue weighted by atomic mass is 16.5. The van der Waals surface area contributed by atoms with Gasteiger partial charge in [-0.3, -0.25) is 9.59 Å². The molecule has 3 rings (SSSR count). The number of aliphatic hydroxyl groups is 1. The fraction of sp³-hybridized carbons (Fsp3) is 0.467. The molecule has 1 heterocycles. The summed E-state index contributed by atoms with van der Waals surface area (Å²) in [7, 11) is 0. The van der Waals surface area contributed by atoms with E-state index < -0.39 is 17.7 Å². The van der Waals surface area contributed by atoms with Crippen molar-refractivity contribution in [3.63, 3.8) is 0 Å².